The average Bonchev–Trinajstić information content (AvgIpc) is 2.87. The normalized spacial score (nSPS) is 11.1. The van der Waals surface area contributed by atoms with Crippen molar-refractivity contribution in [2.75, 3.05) is 19.0 Å². The Kier molecular flexibility index (Phi) is 24.3. The number of hydrogen-bond donors (Lipinski definition) is 0. The molecule has 0 aliphatic heterocycles. The van der Waals surface area contributed by atoms with Crippen molar-refractivity contribution >= 4 is 22.1 Å². The summed E-state index contributed by atoms with van der Waals surface area (Å²) < 4.78 is 42.3. The van der Waals surface area contributed by atoms with E-state index in [2.05, 4.69) is 6.92 Å². The Morgan fingerprint density at radius 3 is 1.34 bits per heavy atom. The topological polar surface area (TPSA) is 110 Å². The molecule has 38 heavy (non-hydrogen) atoms. The van der Waals surface area contributed by atoms with Gasteiger partial charge in [0.1, 0.15) is 0 Å². The van der Waals surface area contributed by atoms with Crippen molar-refractivity contribution in [3.8, 4) is 0 Å². The van der Waals surface area contributed by atoms with E-state index in [-0.39, 0.29) is 82.0 Å². The summed E-state index contributed by atoms with van der Waals surface area (Å²) in [7, 11) is -4.27. The van der Waals surface area contributed by atoms with Crippen LogP contribution in [-0.2, 0) is 19.6 Å². The predicted octanol–water partition coefficient (Wildman–Crippen LogP) is 4.20. The van der Waals surface area contributed by atoms with Crippen LogP contribution in [0, 0.1) is 0 Å². The quantitative estimate of drug-likeness (QED) is 0.0828. The Labute approximate surface area is 273 Å². The van der Waals surface area contributed by atoms with E-state index in [9.17, 15) is 22.6 Å². The fourth-order valence-corrected chi connectivity index (χ4v) is 4.74. The van der Waals surface area contributed by atoms with Gasteiger partial charge in [0.15, 0.2) is 0 Å². The molecule has 0 aromatic heterocycles. The SMILES string of the molecule is CCCCCCCCCCCCCCCCCOC(=O)c1ccccc1C(=O)OCCCCS(=O)(=O)[O-].[K+]. The van der Waals surface area contributed by atoms with E-state index in [0.717, 1.165) is 19.3 Å². The van der Waals surface area contributed by atoms with Gasteiger partial charge in [-0.1, -0.05) is 109 Å². The van der Waals surface area contributed by atoms with Gasteiger partial charge in [-0.05, 0) is 31.4 Å². The maximum Gasteiger partial charge on any atom is 1.00 e. The number of hydrogen-bond acceptors (Lipinski definition) is 7. The van der Waals surface area contributed by atoms with Gasteiger partial charge in [0.25, 0.3) is 0 Å². The fraction of sp³-hybridized carbons (Fsp3) is 0.724. The van der Waals surface area contributed by atoms with Gasteiger partial charge in [-0.2, -0.15) is 0 Å². The molecule has 0 fully saturated rings. The zero-order valence-corrected chi connectivity index (χ0v) is 27.7. The number of benzene rings is 1. The first kappa shape index (κ1) is 37.7. The molecule has 1 rings (SSSR count). The summed E-state index contributed by atoms with van der Waals surface area (Å²) in [5.41, 5.74) is 0.260. The maximum absolute atomic E-state index is 12.5. The summed E-state index contributed by atoms with van der Waals surface area (Å²) in [6, 6.07) is 6.30. The van der Waals surface area contributed by atoms with Crippen LogP contribution in [0.3, 0.4) is 0 Å². The number of rotatable bonds is 23. The minimum absolute atomic E-state index is 0. The molecule has 0 radical (unpaired) electrons. The van der Waals surface area contributed by atoms with Gasteiger partial charge in [-0.3, -0.25) is 0 Å². The monoisotopic (exact) mass is 578 g/mol. The first-order chi connectivity index (χ1) is 17.8. The third-order valence-electron chi connectivity index (χ3n) is 6.37. The minimum atomic E-state index is -4.27. The number of esters is 2. The minimum Gasteiger partial charge on any atom is -0.748 e. The van der Waals surface area contributed by atoms with E-state index < -0.39 is 27.8 Å². The number of ether oxygens (including phenoxy) is 2. The van der Waals surface area contributed by atoms with Crippen LogP contribution in [0.5, 0.6) is 0 Å². The molecule has 0 aliphatic carbocycles. The van der Waals surface area contributed by atoms with Crippen LogP contribution in [0.4, 0.5) is 0 Å². The summed E-state index contributed by atoms with van der Waals surface area (Å²) in [4.78, 5) is 24.8. The van der Waals surface area contributed by atoms with Crippen molar-refractivity contribution in [1.29, 1.82) is 0 Å². The molecule has 9 heteroatoms. The van der Waals surface area contributed by atoms with Crippen LogP contribution in [0.2, 0.25) is 0 Å². The Hall–Kier alpha value is -0.294. The van der Waals surface area contributed by atoms with Crippen molar-refractivity contribution in [2.45, 2.75) is 116 Å². The van der Waals surface area contributed by atoms with Gasteiger partial charge < -0.3 is 14.0 Å². The number of unbranched alkanes of at least 4 members (excludes halogenated alkanes) is 15. The van der Waals surface area contributed by atoms with Crippen LogP contribution in [0.25, 0.3) is 0 Å². The average molecular weight is 579 g/mol. The van der Waals surface area contributed by atoms with Gasteiger partial charge in [0.2, 0.25) is 0 Å². The molecule has 1 aromatic rings. The zero-order valence-electron chi connectivity index (χ0n) is 23.7. The Morgan fingerprint density at radius 2 is 0.974 bits per heavy atom. The summed E-state index contributed by atoms with van der Waals surface area (Å²) in [6.45, 7) is 2.53. The number of carbonyl (C=O) groups is 2. The van der Waals surface area contributed by atoms with E-state index in [1.165, 1.54) is 89.2 Å². The van der Waals surface area contributed by atoms with Crippen molar-refractivity contribution in [3.05, 3.63) is 35.4 Å². The van der Waals surface area contributed by atoms with Crippen LogP contribution in [0.15, 0.2) is 24.3 Å². The first-order valence-corrected chi connectivity index (χ1v) is 15.8. The second-order valence-corrected chi connectivity index (χ2v) is 11.3. The molecular formula is C29H47KO7S. The van der Waals surface area contributed by atoms with Crippen molar-refractivity contribution in [3.63, 3.8) is 0 Å². The van der Waals surface area contributed by atoms with Gasteiger partial charge >= 0.3 is 63.3 Å². The summed E-state index contributed by atoms with van der Waals surface area (Å²) >= 11 is 0. The standard InChI is InChI=1S/C29H48O7S.K/c1-2-3-4-5-6-7-8-9-10-11-12-13-14-15-18-23-35-28(30)26-21-16-17-22-27(26)29(31)36-24-19-20-25-37(32,33)34;/h16-17,21-22H,2-15,18-20,23-25H2,1H3,(H,32,33,34);/q;+1/p-1. The van der Waals surface area contributed by atoms with E-state index in [4.69, 9.17) is 9.47 Å². The zero-order chi connectivity index (χ0) is 27.2. The van der Waals surface area contributed by atoms with Gasteiger partial charge in [0.05, 0.1) is 34.5 Å². The summed E-state index contributed by atoms with van der Waals surface area (Å²) in [6.07, 6.45) is 19.4. The van der Waals surface area contributed by atoms with E-state index >= 15 is 0 Å². The fourth-order valence-electron chi connectivity index (χ4n) is 4.18. The Balaban J connectivity index is 0.0000137. The van der Waals surface area contributed by atoms with Crippen molar-refractivity contribution < 1.29 is 83.4 Å². The van der Waals surface area contributed by atoms with Crippen LogP contribution < -0.4 is 51.4 Å². The molecule has 0 aliphatic rings. The second kappa shape index (κ2) is 24.5. The third kappa shape index (κ3) is 20.6. The molecule has 212 valence electrons. The Bertz CT molecular complexity index is 858. The van der Waals surface area contributed by atoms with Gasteiger partial charge in [0, 0.05) is 5.75 Å². The summed E-state index contributed by atoms with van der Waals surface area (Å²) in [5.74, 6) is -1.73. The molecule has 0 saturated carbocycles. The molecule has 0 heterocycles. The summed E-state index contributed by atoms with van der Waals surface area (Å²) in [5, 5.41) is 0. The molecule has 1 aromatic carbocycles. The molecule has 0 spiro atoms. The molecule has 0 amide bonds. The van der Waals surface area contributed by atoms with Crippen LogP contribution in [-0.4, -0.2) is 43.9 Å². The van der Waals surface area contributed by atoms with Crippen LogP contribution >= 0.6 is 0 Å². The van der Waals surface area contributed by atoms with E-state index in [0.29, 0.717) is 6.61 Å². The molecular weight excluding hydrogens is 531 g/mol. The second-order valence-electron chi connectivity index (χ2n) is 9.74. The van der Waals surface area contributed by atoms with Crippen molar-refractivity contribution in [1.82, 2.24) is 0 Å². The predicted molar refractivity (Wildman–Crippen MR) is 146 cm³/mol. The Morgan fingerprint density at radius 1 is 0.632 bits per heavy atom. The molecule has 0 bridgehead atoms. The van der Waals surface area contributed by atoms with Gasteiger partial charge in [-0.25, -0.2) is 18.0 Å². The molecule has 0 unspecified atom stereocenters. The van der Waals surface area contributed by atoms with Crippen LogP contribution in [0.1, 0.15) is 137 Å². The molecule has 0 atom stereocenters. The molecule has 7 nitrogen and oxygen atoms in total. The smallest absolute Gasteiger partial charge is 0.748 e. The maximum atomic E-state index is 12.5. The van der Waals surface area contributed by atoms with Gasteiger partial charge in [-0.15, -0.1) is 0 Å². The number of carbonyl (C=O) groups excluding carboxylic acids is 2. The first-order valence-electron chi connectivity index (χ1n) is 14.2. The molecule has 0 N–H and O–H groups in total. The van der Waals surface area contributed by atoms with Crippen molar-refractivity contribution in [2.24, 2.45) is 0 Å². The van der Waals surface area contributed by atoms with E-state index in [1.807, 2.05) is 0 Å². The van der Waals surface area contributed by atoms with E-state index in [1.54, 1.807) is 12.1 Å². The third-order valence-corrected chi connectivity index (χ3v) is 7.16. The molecule has 0 saturated heterocycles. The largest absolute Gasteiger partial charge is 1.00 e.